The van der Waals surface area contributed by atoms with Gasteiger partial charge in [-0.15, -0.1) is 0 Å². The molecule has 18 heavy (non-hydrogen) atoms. The zero-order valence-corrected chi connectivity index (χ0v) is 10.7. The first-order valence-electron chi connectivity index (χ1n) is 6.22. The molecule has 0 saturated heterocycles. The second-order valence-electron chi connectivity index (χ2n) is 5.67. The summed E-state index contributed by atoms with van der Waals surface area (Å²) in [4.78, 5) is 4.47. The molecule has 94 valence electrons. The molecule has 2 N–H and O–H groups in total. The highest BCUT2D eigenvalue weighted by atomic mass is 16.5. The van der Waals surface area contributed by atoms with Crippen molar-refractivity contribution in [2.75, 3.05) is 5.73 Å². The van der Waals surface area contributed by atoms with Gasteiger partial charge in [-0.3, -0.25) is 0 Å². The molecule has 1 aliphatic rings. The van der Waals surface area contributed by atoms with Crippen LogP contribution in [0.3, 0.4) is 0 Å². The van der Waals surface area contributed by atoms with Gasteiger partial charge < -0.3 is 10.3 Å². The van der Waals surface area contributed by atoms with Gasteiger partial charge >= 0.3 is 0 Å². The summed E-state index contributed by atoms with van der Waals surface area (Å²) in [5.41, 5.74) is 8.02. The first-order valence-corrected chi connectivity index (χ1v) is 6.22. The third-order valence-electron chi connectivity index (χ3n) is 3.71. The first kappa shape index (κ1) is 11.3. The largest absolute Gasteiger partial charge is 0.398 e. The van der Waals surface area contributed by atoms with Crippen LogP contribution >= 0.6 is 0 Å². The Morgan fingerprint density at radius 3 is 2.78 bits per heavy atom. The van der Waals surface area contributed by atoms with Gasteiger partial charge in [0.05, 0.1) is 6.42 Å². The lowest BCUT2D eigenvalue weighted by atomic mass is 10.1. The molecule has 1 aromatic heterocycles. The van der Waals surface area contributed by atoms with E-state index in [1.807, 2.05) is 24.3 Å². The summed E-state index contributed by atoms with van der Waals surface area (Å²) in [6.07, 6.45) is 1.74. The van der Waals surface area contributed by atoms with Crippen molar-refractivity contribution in [1.82, 2.24) is 10.1 Å². The van der Waals surface area contributed by atoms with Crippen molar-refractivity contribution < 1.29 is 4.52 Å². The Hall–Kier alpha value is -1.84. The summed E-state index contributed by atoms with van der Waals surface area (Å²) < 4.78 is 5.30. The quantitative estimate of drug-likeness (QED) is 0.842. The predicted octanol–water partition coefficient (Wildman–Crippen LogP) is 2.76. The van der Waals surface area contributed by atoms with E-state index in [1.165, 1.54) is 0 Å². The van der Waals surface area contributed by atoms with Crippen LogP contribution in [0, 0.1) is 5.41 Å². The fraction of sp³-hybridized carbons (Fsp3) is 0.429. The van der Waals surface area contributed by atoms with Crippen molar-refractivity contribution in [3.63, 3.8) is 0 Å². The summed E-state index contributed by atoms with van der Waals surface area (Å²) in [7, 11) is 0. The zero-order valence-electron chi connectivity index (χ0n) is 10.7. The minimum atomic E-state index is 0.326. The van der Waals surface area contributed by atoms with E-state index in [0.717, 1.165) is 23.5 Å². The van der Waals surface area contributed by atoms with Crippen LogP contribution in [0.4, 0.5) is 5.69 Å². The number of nitrogens with two attached hydrogens (primary N) is 1. The van der Waals surface area contributed by atoms with Crippen LogP contribution < -0.4 is 5.73 Å². The highest BCUT2D eigenvalue weighted by molar-refractivity contribution is 5.47. The summed E-state index contributed by atoms with van der Waals surface area (Å²) in [6.45, 7) is 4.45. The van der Waals surface area contributed by atoms with Crippen LogP contribution in [-0.4, -0.2) is 10.1 Å². The lowest BCUT2D eigenvalue weighted by Gasteiger charge is -2.00. The Labute approximate surface area is 106 Å². The second-order valence-corrected chi connectivity index (χ2v) is 5.67. The van der Waals surface area contributed by atoms with Gasteiger partial charge in [-0.05, 0) is 23.5 Å². The van der Waals surface area contributed by atoms with E-state index < -0.39 is 0 Å². The maximum Gasteiger partial charge on any atom is 0.231 e. The number of hydrogen-bond donors (Lipinski definition) is 1. The summed E-state index contributed by atoms with van der Waals surface area (Å²) in [5.74, 6) is 1.93. The normalized spacial score (nSPS) is 20.9. The van der Waals surface area contributed by atoms with Crippen molar-refractivity contribution in [1.29, 1.82) is 0 Å². The molecule has 1 fully saturated rings. The van der Waals surface area contributed by atoms with Gasteiger partial charge in [-0.2, -0.15) is 4.98 Å². The SMILES string of the molecule is CC1(C)CC1c1noc(Cc2ccccc2N)n1. The van der Waals surface area contributed by atoms with Crippen molar-refractivity contribution in [3.05, 3.63) is 41.5 Å². The van der Waals surface area contributed by atoms with Crippen LogP contribution in [-0.2, 0) is 6.42 Å². The molecule has 0 amide bonds. The van der Waals surface area contributed by atoms with E-state index in [-0.39, 0.29) is 0 Å². The number of rotatable bonds is 3. The fourth-order valence-electron chi connectivity index (χ4n) is 2.25. The molecular weight excluding hydrogens is 226 g/mol. The van der Waals surface area contributed by atoms with Gasteiger partial charge in [-0.25, -0.2) is 0 Å². The summed E-state index contributed by atoms with van der Waals surface area (Å²) >= 11 is 0. The predicted molar refractivity (Wildman–Crippen MR) is 69.1 cm³/mol. The molecule has 4 nitrogen and oxygen atoms in total. The van der Waals surface area contributed by atoms with E-state index in [0.29, 0.717) is 23.6 Å². The Morgan fingerprint density at radius 1 is 1.39 bits per heavy atom. The molecule has 2 aromatic rings. The Morgan fingerprint density at radius 2 is 2.11 bits per heavy atom. The molecule has 4 heteroatoms. The standard InChI is InChI=1S/C14H17N3O/c1-14(2)8-10(14)13-16-12(18-17-13)7-9-5-3-4-6-11(9)15/h3-6,10H,7-8,15H2,1-2H3. The number of benzene rings is 1. The maximum atomic E-state index is 5.90. The Bertz CT molecular complexity index is 574. The van der Waals surface area contributed by atoms with Crippen molar-refractivity contribution in [2.24, 2.45) is 5.41 Å². The topological polar surface area (TPSA) is 64.9 Å². The van der Waals surface area contributed by atoms with Crippen molar-refractivity contribution in [3.8, 4) is 0 Å². The molecule has 0 radical (unpaired) electrons. The molecule has 0 bridgehead atoms. The highest BCUT2D eigenvalue weighted by Gasteiger charge is 2.49. The van der Waals surface area contributed by atoms with Crippen LogP contribution in [0.1, 0.15) is 43.5 Å². The average Bonchev–Trinajstić information content (AvgIpc) is 2.75. The van der Waals surface area contributed by atoms with E-state index in [4.69, 9.17) is 10.3 Å². The second kappa shape index (κ2) is 3.83. The number of hydrogen-bond acceptors (Lipinski definition) is 4. The van der Waals surface area contributed by atoms with Gasteiger partial charge in [0.15, 0.2) is 5.82 Å². The smallest absolute Gasteiger partial charge is 0.231 e. The number of anilines is 1. The van der Waals surface area contributed by atoms with E-state index in [2.05, 4.69) is 24.0 Å². The number of para-hydroxylation sites is 1. The van der Waals surface area contributed by atoms with Crippen LogP contribution in [0.15, 0.2) is 28.8 Å². The molecule has 1 heterocycles. The third kappa shape index (κ3) is 1.98. The van der Waals surface area contributed by atoms with E-state index in [1.54, 1.807) is 0 Å². The van der Waals surface area contributed by atoms with Gasteiger partial charge in [0.1, 0.15) is 0 Å². The maximum absolute atomic E-state index is 5.90. The van der Waals surface area contributed by atoms with Crippen LogP contribution in [0.5, 0.6) is 0 Å². The van der Waals surface area contributed by atoms with Crippen LogP contribution in [0.2, 0.25) is 0 Å². The molecule has 1 saturated carbocycles. The van der Waals surface area contributed by atoms with E-state index in [9.17, 15) is 0 Å². The van der Waals surface area contributed by atoms with Gasteiger partial charge in [0.25, 0.3) is 0 Å². The van der Waals surface area contributed by atoms with Gasteiger partial charge in [-0.1, -0.05) is 37.2 Å². The van der Waals surface area contributed by atoms with Crippen LogP contribution in [0.25, 0.3) is 0 Å². The lowest BCUT2D eigenvalue weighted by Crippen LogP contribution is -1.96. The molecule has 0 aliphatic heterocycles. The monoisotopic (exact) mass is 243 g/mol. The molecule has 1 aromatic carbocycles. The highest BCUT2D eigenvalue weighted by Crippen LogP contribution is 2.57. The fourth-order valence-corrected chi connectivity index (χ4v) is 2.25. The molecule has 1 unspecified atom stereocenters. The number of aromatic nitrogens is 2. The van der Waals surface area contributed by atoms with Crippen molar-refractivity contribution in [2.45, 2.75) is 32.6 Å². The van der Waals surface area contributed by atoms with E-state index >= 15 is 0 Å². The Kier molecular flexibility index (Phi) is 2.40. The van der Waals surface area contributed by atoms with Gasteiger partial charge in [0.2, 0.25) is 5.89 Å². The number of nitrogen functional groups attached to an aromatic ring is 1. The van der Waals surface area contributed by atoms with Gasteiger partial charge in [0, 0.05) is 11.6 Å². The summed E-state index contributed by atoms with van der Waals surface area (Å²) in [6, 6.07) is 7.76. The van der Waals surface area contributed by atoms with Crippen molar-refractivity contribution >= 4 is 5.69 Å². The third-order valence-corrected chi connectivity index (χ3v) is 3.71. The minimum Gasteiger partial charge on any atom is -0.398 e. The summed E-state index contributed by atoms with van der Waals surface area (Å²) in [5, 5.41) is 4.07. The minimum absolute atomic E-state index is 0.326. The first-order chi connectivity index (χ1) is 8.56. The molecule has 3 rings (SSSR count). The molecular formula is C14H17N3O. The number of nitrogens with zero attached hydrogens (tertiary/aromatic N) is 2. The Balaban J connectivity index is 1.77. The lowest BCUT2D eigenvalue weighted by molar-refractivity contribution is 0.378. The molecule has 1 atom stereocenters. The average molecular weight is 243 g/mol. The molecule has 0 spiro atoms. The zero-order chi connectivity index (χ0) is 12.8. The molecule has 1 aliphatic carbocycles.